The molecule has 0 fully saturated rings. The number of halogens is 1. The molecule has 24 heavy (non-hydrogen) atoms. The summed E-state index contributed by atoms with van der Waals surface area (Å²) in [6, 6.07) is 10.8. The molecule has 0 bridgehead atoms. The fraction of sp³-hybridized carbons (Fsp3) is 0.222. The molecule has 2 aromatic carbocycles. The predicted octanol–water partition coefficient (Wildman–Crippen LogP) is 4.55. The third-order valence-electron chi connectivity index (χ3n) is 3.12. The maximum atomic E-state index is 11.3. The van der Waals surface area contributed by atoms with Gasteiger partial charge in [0.05, 0.1) is 11.6 Å². The van der Waals surface area contributed by atoms with E-state index >= 15 is 0 Å². The van der Waals surface area contributed by atoms with Gasteiger partial charge < -0.3 is 9.47 Å². The zero-order chi connectivity index (χ0) is 17.5. The average molecular weight is 365 g/mol. The van der Waals surface area contributed by atoms with Crippen molar-refractivity contribution in [1.82, 2.24) is 0 Å². The van der Waals surface area contributed by atoms with Gasteiger partial charge in [0.1, 0.15) is 12.0 Å². The third kappa shape index (κ3) is 5.01. The van der Waals surface area contributed by atoms with E-state index in [1.54, 1.807) is 19.1 Å². The minimum atomic E-state index is -0.391. The summed E-state index contributed by atoms with van der Waals surface area (Å²) in [7, 11) is 0. The van der Waals surface area contributed by atoms with Crippen molar-refractivity contribution in [3.8, 4) is 5.75 Å². The van der Waals surface area contributed by atoms with E-state index in [4.69, 9.17) is 21.1 Å². The Labute approximate surface area is 150 Å². The van der Waals surface area contributed by atoms with Crippen molar-refractivity contribution in [3.63, 3.8) is 0 Å². The molecule has 2 rings (SSSR count). The molecular weight excluding hydrogens is 348 g/mol. The quantitative estimate of drug-likeness (QED) is 0.532. The van der Waals surface area contributed by atoms with Gasteiger partial charge in [-0.3, -0.25) is 4.79 Å². The summed E-state index contributed by atoms with van der Waals surface area (Å²) in [6.45, 7) is 3.88. The minimum Gasteiger partial charge on any atom is -0.482 e. The lowest BCUT2D eigenvalue weighted by Gasteiger charge is -2.11. The van der Waals surface area contributed by atoms with Crippen LogP contribution in [-0.4, -0.2) is 25.5 Å². The first-order chi connectivity index (χ1) is 11.5. The van der Waals surface area contributed by atoms with Crippen LogP contribution in [0.4, 0.5) is 0 Å². The number of aryl methyl sites for hydroxylation is 1. The van der Waals surface area contributed by atoms with Crippen LogP contribution >= 0.6 is 23.4 Å². The van der Waals surface area contributed by atoms with Gasteiger partial charge in [0.2, 0.25) is 0 Å². The Morgan fingerprint density at radius 1 is 1.25 bits per heavy atom. The summed E-state index contributed by atoms with van der Waals surface area (Å²) < 4.78 is 10.3. The van der Waals surface area contributed by atoms with Gasteiger partial charge in [-0.15, -0.1) is 0 Å². The summed E-state index contributed by atoms with van der Waals surface area (Å²) in [5, 5.41) is 0.532. The summed E-state index contributed by atoms with van der Waals surface area (Å²) in [6.07, 6.45) is 0.764. The molecule has 6 heteroatoms. The van der Waals surface area contributed by atoms with Crippen LogP contribution in [0.2, 0.25) is 5.02 Å². The van der Waals surface area contributed by atoms with Crippen LogP contribution in [0.5, 0.6) is 5.75 Å². The lowest BCUT2D eigenvalue weighted by molar-refractivity contribution is -0.145. The first kappa shape index (κ1) is 18.4. The molecular formula is C18H17ClO4S. The highest BCUT2D eigenvalue weighted by molar-refractivity contribution is 7.99. The monoisotopic (exact) mass is 364 g/mol. The van der Waals surface area contributed by atoms with Gasteiger partial charge in [0.25, 0.3) is 0 Å². The van der Waals surface area contributed by atoms with E-state index in [0.717, 1.165) is 21.6 Å². The van der Waals surface area contributed by atoms with Crippen LogP contribution < -0.4 is 4.74 Å². The molecule has 0 aliphatic rings. The second kappa shape index (κ2) is 8.76. The molecule has 0 heterocycles. The van der Waals surface area contributed by atoms with Crippen molar-refractivity contribution >= 4 is 35.6 Å². The lowest BCUT2D eigenvalue weighted by atomic mass is 10.2. The summed E-state index contributed by atoms with van der Waals surface area (Å²) in [5.41, 5.74) is 1.45. The molecule has 0 aliphatic heterocycles. The second-order valence-electron chi connectivity index (χ2n) is 4.93. The molecule has 0 saturated heterocycles. The van der Waals surface area contributed by atoms with Gasteiger partial charge in [0.15, 0.2) is 6.61 Å². The number of hydrogen-bond acceptors (Lipinski definition) is 5. The first-order valence-electron chi connectivity index (χ1n) is 7.35. The van der Waals surface area contributed by atoms with Crippen molar-refractivity contribution in [2.24, 2.45) is 0 Å². The van der Waals surface area contributed by atoms with Crippen molar-refractivity contribution in [2.75, 3.05) is 13.2 Å². The second-order valence-corrected chi connectivity index (χ2v) is 6.45. The number of hydrogen-bond donors (Lipinski definition) is 0. The molecule has 0 radical (unpaired) electrons. The lowest BCUT2D eigenvalue weighted by Crippen LogP contribution is -2.14. The molecule has 126 valence electrons. The normalized spacial score (nSPS) is 10.3. The Kier molecular flexibility index (Phi) is 6.70. The van der Waals surface area contributed by atoms with Crippen LogP contribution in [0.25, 0.3) is 0 Å². The van der Waals surface area contributed by atoms with Gasteiger partial charge in [-0.1, -0.05) is 29.4 Å². The minimum absolute atomic E-state index is 0.111. The van der Waals surface area contributed by atoms with E-state index < -0.39 is 5.97 Å². The average Bonchev–Trinajstić information content (AvgIpc) is 2.56. The molecule has 2 aromatic rings. The molecule has 4 nitrogen and oxygen atoms in total. The topological polar surface area (TPSA) is 52.6 Å². The van der Waals surface area contributed by atoms with E-state index in [0.29, 0.717) is 22.9 Å². The smallest absolute Gasteiger partial charge is 0.344 e. The molecule has 0 atom stereocenters. The largest absolute Gasteiger partial charge is 0.482 e. The van der Waals surface area contributed by atoms with Crippen LogP contribution in [-0.2, 0) is 9.53 Å². The van der Waals surface area contributed by atoms with E-state index in [1.165, 1.54) is 11.8 Å². The molecule has 0 spiro atoms. The zero-order valence-electron chi connectivity index (χ0n) is 13.4. The van der Waals surface area contributed by atoms with Crippen molar-refractivity contribution in [1.29, 1.82) is 0 Å². The third-order valence-corrected chi connectivity index (χ3v) is 4.61. The standard InChI is InChI=1S/C18H17ClO4S/c1-3-22-18(21)11-23-16-6-5-14(8-12(16)2)24-17-7-4-13(10-20)9-15(17)19/h4-10H,3,11H2,1-2H3. The summed E-state index contributed by atoms with van der Waals surface area (Å²) in [5.74, 6) is 0.243. The van der Waals surface area contributed by atoms with E-state index in [9.17, 15) is 9.59 Å². The Hall–Kier alpha value is -1.98. The van der Waals surface area contributed by atoms with Crippen molar-refractivity contribution < 1.29 is 19.1 Å². The van der Waals surface area contributed by atoms with Crippen LogP contribution in [0.15, 0.2) is 46.2 Å². The van der Waals surface area contributed by atoms with Gasteiger partial charge in [-0.2, -0.15) is 0 Å². The van der Waals surface area contributed by atoms with Crippen LogP contribution in [0.1, 0.15) is 22.8 Å². The molecule has 0 amide bonds. The summed E-state index contributed by atoms with van der Waals surface area (Å²) in [4.78, 5) is 23.9. The van der Waals surface area contributed by atoms with Crippen LogP contribution in [0, 0.1) is 6.92 Å². The van der Waals surface area contributed by atoms with Gasteiger partial charge >= 0.3 is 5.97 Å². The van der Waals surface area contributed by atoms with E-state index in [1.807, 2.05) is 31.2 Å². The van der Waals surface area contributed by atoms with Crippen molar-refractivity contribution in [3.05, 3.63) is 52.5 Å². The van der Waals surface area contributed by atoms with Gasteiger partial charge in [-0.05, 0) is 49.7 Å². The Morgan fingerprint density at radius 3 is 2.67 bits per heavy atom. The Bertz CT molecular complexity index is 746. The number of benzene rings is 2. The highest BCUT2D eigenvalue weighted by atomic mass is 35.5. The fourth-order valence-electron chi connectivity index (χ4n) is 1.99. The molecule has 0 aromatic heterocycles. The SMILES string of the molecule is CCOC(=O)COc1ccc(Sc2ccc(C=O)cc2Cl)cc1C. The predicted molar refractivity (Wildman–Crippen MR) is 94.3 cm³/mol. The maximum Gasteiger partial charge on any atom is 0.344 e. The first-order valence-corrected chi connectivity index (χ1v) is 8.54. The number of aldehydes is 1. The Morgan fingerprint density at radius 2 is 2.04 bits per heavy atom. The Balaban J connectivity index is 2.06. The van der Waals surface area contributed by atoms with Gasteiger partial charge in [0, 0.05) is 15.4 Å². The maximum absolute atomic E-state index is 11.3. The molecule has 0 saturated carbocycles. The molecule has 0 aliphatic carbocycles. The molecule has 0 N–H and O–H groups in total. The highest BCUT2D eigenvalue weighted by Crippen LogP contribution is 2.35. The number of rotatable bonds is 7. The number of carbonyl (C=O) groups excluding carboxylic acids is 2. The van der Waals surface area contributed by atoms with E-state index in [-0.39, 0.29) is 6.61 Å². The molecule has 0 unspecified atom stereocenters. The summed E-state index contributed by atoms with van der Waals surface area (Å²) >= 11 is 7.68. The fourth-order valence-corrected chi connectivity index (χ4v) is 3.21. The van der Waals surface area contributed by atoms with E-state index in [2.05, 4.69) is 0 Å². The van der Waals surface area contributed by atoms with Crippen LogP contribution in [0.3, 0.4) is 0 Å². The number of ether oxygens (including phenoxy) is 2. The zero-order valence-corrected chi connectivity index (χ0v) is 14.9. The number of esters is 1. The van der Waals surface area contributed by atoms with Crippen molar-refractivity contribution in [2.45, 2.75) is 23.6 Å². The van der Waals surface area contributed by atoms with Gasteiger partial charge in [-0.25, -0.2) is 4.79 Å². The number of carbonyl (C=O) groups is 2. The highest BCUT2D eigenvalue weighted by Gasteiger charge is 2.08.